The first-order valence-electron chi connectivity index (χ1n) is 9.68. The average molecular weight is 394 g/mol. The van der Waals surface area contributed by atoms with E-state index in [0.717, 1.165) is 38.0 Å². The molecule has 1 saturated carbocycles. The number of halogens is 1. The van der Waals surface area contributed by atoms with Crippen molar-refractivity contribution in [2.45, 2.75) is 25.7 Å². The van der Waals surface area contributed by atoms with Gasteiger partial charge in [-0.25, -0.2) is 0 Å². The van der Waals surface area contributed by atoms with E-state index in [4.69, 9.17) is 4.74 Å². The van der Waals surface area contributed by atoms with Crippen molar-refractivity contribution in [2.75, 3.05) is 44.7 Å². The molecule has 2 saturated heterocycles. The Balaban J connectivity index is 0.00000210. The molecule has 3 aliphatic rings. The molecule has 148 valence electrons. The van der Waals surface area contributed by atoms with Gasteiger partial charge in [-0.15, -0.1) is 12.4 Å². The number of anilines is 1. The lowest BCUT2D eigenvalue weighted by atomic mass is 9.67. The minimum absolute atomic E-state index is 0. The van der Waals surface area contributed by atoms with E-state index in [1.54, 1.807) is 12.1 Å². The summed E-state index contributed by atoms with van der Waals surface area (Å²) in [6, 6.07) is 7.28. The number of nitrogens with zero attached hydrogens (tertiary/aromatic N) is 1. The van der Waals surface area contributed by atoms with Gasteiger partial charge in [-0.3, -0.25) is 9.59 Å². The summed E-state index contributed by atoms with van der Waals surface area (Å²) in [6.07, 6.45) is 4.44. The van der Waals surface area contributed by atoms with Crippen LogP contribution in [0.25, 0.3) is 0 Å². The van der Waals surface area contributed by atoms with Gasteiger partial charge in [-0.1, -0.05) is 12.8 Å². The second-order valence-electron chi connectivity index (χ2n) is 7.67. The highest BCUT2D eigenvalue weighted by Crippen LogP contribution is 2.44. The highest BCUT2D eigenvalue weighted by molar-refractivity contribution is 5.98. The van der Waals surface area contributed by atoms with E-state index in [-0.39, 0.29) is 29.6 Å². The van der Waals surface area contributed by atoms with Crippen LogP contribution >= 0.6 is 12.4 Å². The maximum atomic E-state index is 13.0. The van der Waals surface area contributed by atoms with Crippen molar-refractivity contribution >= 4 is 29.9 Å². The van der Waals surface area contributed by atoms with E-state index in [1.165, 1.54) is 6.42 Å². The summed E-state index contributed by atoms with van der Waals surface area (Å²) in [4.78, 5) is 27.3. The molecule has 0 bridgehead atoms. The number of carbonyl (C=O) groups is 2. The Bertz CT molecular complexity index is 676. The Morgan fingerprint density at radius 3 is 2.63 bits per heavy atom. The number of hydrogen-bond acceptors (Lipinski definition) is 4. The van der Waals surface area contributed by atoms with Gasteiger partial charge < -0.3 is 20.3 Å². The first-order chi connectivity index (χ1) is 12.7. The Morgan fingerprint density at radius 2 is 1.89 bits per heavy atom. The minimum Gasteiger partial charge on any atom is -0.378 e. The molecule has 27 heavy (non-hydrogen) atoms. The van der Waals surface area contributed by atoms with Crippen molar-refractivity contribution in [3.63, 3.8) is 0 Å². The number of benzene rings is 1. The lowest BCUT2D eigenvalue weighted by molar-refractivity contribution is -0.128. The van der Waals surface area contributed by atoms with Crippen LogP contribution in [0.5, 0.6) is 0 Å². The van der Waals surface area contributed by atoms with Crippen molar-refractivity contribution in [2.24, 2.45) is 11.3 Å². The molecule has 4 rings (SSSR count). The molecule has 3 fully saturated rings. The van der Waals surface area contributed by atoms with Gasteiger partial charge in [-0.05, 0) is 49.6 Å². The second-order valence-corrected chi connectivity index (χ2v) is 7.67. The molecule has 2 heterocycles. The summed E-state index contributed by atoms with van der Waals surface area (Å²) in [5, 5.41) is 6.51. The van der Waals surface area contributed by atoms with Crippen LogP contribution in [0.15, 0.2) is 24.3 Å². The van der Waals surface area contributed by atoms with Crippen LogP contribution in [-0.4, -0.2) is 56.1 Å². The number of nitrogens with one attached hydrogen (secondary N) is 2. The molecule has 6 nitrogen and oxygen atoms in total. The quantitative estimate of drug-likeness (QED) is 0.826. The predicted molar refractivity (Wildman–Crippen MR) is 106 cm³/mol. The zero-order valence-electron chi connectivity index (χ0n) is 15.5. The fourth-order valence-corrected chi connectivity index (χ4v) is 4.59. The van der Waals surface area contributed by atoms with Crippen molar-refractivity contribution in [1.29, 1.82) is 0 Å². The van der Waals surface area contributed by atoms with Crippen LogP contribution in [0.2, 0.25) is 0 Å². The summed E-state index contributed by atoms with van der Waals surface area (Å²) in [7, 11) is 0. The Kier molecular flexibility index (Phi) is 6.40. The van der Waals surface area contributed by atoms with Gasteiger partial charge in [0.2, 0.25) is 5.91 Å². The molecule has 2 N–H and O–H groups in total. The number of hydrogen-bond donors (Lipinski definition) is 2. The molecule has 2 aliphatic heterocycles. The van der Waals surface area contributed by atoms with E-state index in [9.17, 15) is 9.59 Å². The fraction of sp³-hybridized carbons (Fsp3) is 0.600. The van der Waals surface area contributed by atoms with Crippen molar-refractivity contribution in [3.05, 3.63) is 29.8 Å². The number of ether oxygens (including phenoxy) is 1. The van der Waals surface area contributed by atoms with Gasteiger partial charge in [0.15, 0.2) is 0 Å². The smallest absolute Gasteiger partial charge is 0.254 e. The summed E-state index contributed by atoms with van der Waals surface area (Å²) in [6.45, 7) is 4.17. The first kappa shape index (κ1) is 20.1. The van der Waals surface area contributed by atoms with Gasteiger partial charge in [0.25, 0.3) is 5.91 Å². The van der Waals surface area contributed by atoms with Crippen LogP contribution in [0, 0.1) is 11.3 Å². The zero-order chi connectivity index (χ0) is 18.0. The fourth-order valence-electron chi connectivity index (χ4n) is 4.59. The third-order valence-corrected chi connectivity index (χ3v) is 6.18. The normalized spacial score (nSPS) is 27.4. The molecule has 2 atom stereocenters. The number of rotatable bonds is 3. The third kappa shape index (κ3) is 3.98. The summed E-state index contributed by atoms with van der Waals surface area (Å²) >= 11 is 0. The molecule has 0 aromatic heterocycles. The molecule has 1 aromatic rings. The molecule has 0 spiro atoms. The minimum atomic E-state index is -0.263. The standard InChI is InChI=1S/C20H27N3O3.ClH/c24-18(23-9-11-26-12-10-23)15-4-6-17(7-5-15)22-19(25)20-8-2-1-3-16(20)13-21-14-20;/h4-7,16,21H,1-3,8-14H2,(H,22,25);1H/t16-,20+;/m0./s1. The lowest BCUT2D eigenvalue weighted by Crippen LogP contribution is -2.44. The molecule has 7 heteroatoms. The number of morpholine rings is 1. The number of carbonyl (C=O) groups excluding carboxylic acids is 2. The molecule has 0 radical (unpaired) electrons. The first-order valence-corrected chi connectivity index (χ1v) is 9.68. The monoisotopic (exact) mass is 393 g/mol. The molecular formula is C20H28ClN3O3. The van der Waals surface area contributed by atoms with Crippen LogP contribution in [0.1, 0.15) is 36.0 Å². The summed E-state index contributed by atoms with van der Waals surface area (Å²) in [5.41, 5.74) is 1.15. The third-order valence-electron chi connectivity index (χ3n) is 6.18. The van der Waals surface area contributed by atoms with Crippen molar-refractivity contribution in [3.8, 4) is 0 Å². The van der Waals surface area contributed by atoms with Crippen molar-refractivity contribution < 1.29 is 14.3 Å². The van der Waals surface area contributed by atoms with Crippen LogP contribution in [0.4, 0.5) is 5.69 Å². The van der Waals surface area contributed by atoms with Gasteiger partial charge >= 0.3 is 0 Å². The van der Waals surface area contributed by atoms with E-state index >= 15 is 0 Å². The average Bonchev–Trinajstić information content (AvgIpc) is 3.14. The van der Waals surface area contributed by atoms with Crippen molar-refractivity contribution in [1.82, 2.24) is 10.2 Å². The van der Waals surface area contributed by atoms with E-state index < -0.39 is 0 Å². The molecule has 1 aliphatic carbocycles. The van der Waals surface area contributed by atoms with E-state index in [2.05, 4.69) is 10.6 Å². The lowest BCUT2D eigenvalue weighted by Gasteiger charge is -2.37. The topological polar surface area (TPSA) is 70.7 Å². The van der Waals surface area contributed by atoms with Gasteiger partial charge in [0, 0.05) is 30.9 Å². The largest absolute Gasteiger partial charge is 0.378 e. The summed E-state index contributed by atoms with van der Waals surface area (Å²) < 4.78 is 5.29. The maximum Gasteiger partial charge on any atom is 0.254 e. The zero-order valence-corrected chi connectivity index (χ0v) is 16.4. The Morgan fingerprint density at radius 1 is 1.15 bits per heavy atom. The number of amides is 2. The summed E-state index contributed by atoms with van der Waals surface area (Å²) in [5.74, 6) is 0.593. The van der Waals surface area contributed by atoms with Gasteiger partial charge in [0.05, 0.1) is 18.6 Å². The highest BCUT2D eigenvalue weighted by Gasteiger charge is 2.49. The van der Waals surface area contributed by atoms with Crippen LogP contribution in [0.3, 0.4) is 0 Å². The second kappa shape index (κ2) is 8.59. The molecule has 2 amide bonds. The number of fused-ring (bicyclic) bond motifs is 1. The van der Waals surface area contributed by atoms with E-state index in [1.807, 2.05) is 17.0 Å². The van der Waals surface area contributed by atoms with Crippen LogP contribution in [-0.2, 0) is 9.53 Å². The highest BCUT2D eigenvalue weighted by atomic mass is 35.5. The maximum absolute atomic E-state index is 13.0. The molecule has 1 aromatic carbocycles. The Hall–Kier alpha value is -1.63. The Labute approximate surface area is 166 Å². The predicted octanol–water partition coefficient (Wildman–Crippen LogP) is 2.30. The molecular weight excluding hydrogens is 366 g/mol. The van der Waals surface area contributed by atoms with Gasteiger partial charge in [0.1, 0.15) is 0 Å². The molecule has 0 unspecified atom stereocenters. The van der Waals surface area contributed by atoms with Crippen LogP contribution < -0.4 is 10.6 Å². The van der Waals surface area contributed by atoms with Gasteiger partial charge in [-0.2, -0.15) is 0 Å². The van der Waals surface area contributed by atoms with E-state index in [0.29, 0.717) is 37.8 Å². The SMILES string of the molecule is Cl.O=C(c1ccc(NC(=O)[C@@]23CCCC[C@H]2CNC3)cc1)N1CCOCC1.